The highest BCUT2D eigenvalue weighted by atomic mass is 19.1. The number of aromatic nitrogens is 4. The first-order chi connectivity index (χ1) is 11.9. The fourth-order valence-corrected chi connectivity index (χ4v) is 2.72. The van der Waals surface area contributed by atoms with E-state index in [9.17, 15) is 14.3 Å². The molecule has 7 heteroatoms. The zero-order valence-electron chi connectivity index (χ0n) is 14.1. The summed E-state index contributed by atoms with van der Waals surface area (Å²) in [5.74, 6) is -0.865. The van der Waals surface area contributed by atoms with Crippen LogP contribution in [0.2, 0.25) is 0 Å². The van der Waals surface area contributed by atoms with Crippen molar-refractivity contribution in [2.45, 2.75) is 26.7 Å². The van der Waals surface area contributed by atoms with E-state index in [4.69, 9.17) is 0 Å². The van der Waals surface area contributed by atoms with Gasteiger partial charge in [-0.3, -0.25) is 0 Å². The Bertz CT molecular complexity index is 950. The molecule has 0 bridgehead atoms. The molecule has 0 aliphatic rings. The summed E-state index contributed by atoms with van der Waals surface area (Å²) < 4.78 is 15.7. The van der Waals surface area contributed by atoms with Crippen LogP contribution in [0.5, 0.6) is 0 Å². The van der Waals surface area contributed by atoms with Gasteiger partial charge in [-0.15, -0.1) is 5.10 Å². The molecule has 1 heterocycles. The molecule has 0 unspecified atom stereocenters. The lowest BCUT2D eigenvalue weighted by molar-refractivity contribution is 0.0696. The van der Waals surface area contributed by atoms with E-state index in [0.717, 1.165) is 0 Å². The normalized spacial score (nSPS) is 11.1. The lowest BCUT2D eigenvalue weighted by atomic mass is 9.97. The lowest BCUT2D eigenvalue weighted by Gasteiger charge is -2.14. The van der Waals surface area contributed by atoms with Gasteiger partial charge in [0.15, 0.2) is 5.82 Å². The molecule has 128 valence electrons. The molecule has 25 heavy (non-hydrogen) atoms. The Kier molecular flexibility index (Phi) is 4.31. The molecule has 0 atom stereocenters. The van der Waals surface area contributed by atoms with Crippen molar-refractivity contribution in [3.63, 3.8) is 0 Å². The summed E-state index contributed by atoms with van der Waals surface area (Å²) in [4.78, 5) is 11.7. The van der Waals surface area contributed by atoms with Gasteiger partial charge in [-0.25, -0.2) is 9.18 Å². The summed E-state index contributed by atoms with van der Waals surface area (Å²) in [6.07, 6.45) is 0. The quantitative estimate of drug-likeness (QED) is 0.785. The second-order valence-corrected chi connectivity index (χ2v) is 6.06. The largest absolute Gasteiger partial charge is 0.478 e. The van der Waals surface area contributed by atoms with Gasteiger partial charge in [0, 0.05) is 11.5 Å². The fourth-order valence-electron chi connectivity index (χ4n) is 2.72. The van der Waals surface area contributed by atoms with Crippen molar-refractivity contribution in [3.05, 3.63) is 59.2 Å². The van der Waals surface area contributed by atoms with E-state index in [2.05, 4.69) is 15.5 Å². The van der Waals surface area contributed by atoms with Gasteiger partial charge in [0.1, 0.15) is 5.82 Å². The Morgan fingerprint density at radius 3 is 2.60 bits per heavy atom. The van der Waals surface area contributed by atoms with E-state index in [1.165, 1.54) is 16.8 Å². The summed E-state index contributed by atoms with van der Waals surface area (Å²) in [5.41, 5.74) is 1.90. The number of benzene rings is 2. The monoisotopic (exact) mass is 340 g/mol. The van der Waals surface area contributed by atoms with Crippen LogP contribution in [0.15, 0.2) is 36.4 Å². The Hall–Kier alpha value is -3.09. The molecule has 0 aliphatic heterocycles. The smallest absolute Gasteiger partial charge is 0.336 e. The van der Waals surface area contributed by atoms with Crippen LogP contribution in [-0.2, 0) is 0 Å². The number of rotatable bonds is 4. The minimum atomic E-state index is -1.09. The first-order valence-corrected chi connectivity index (χ1v) is 7.81. The predicted octanol–water partition coefficient (Wildman–Crippen LogP) is 3.60. The Labute approximate surface area is 143 Å². The van der Waals surface area contributed by atoms with Gasteiger partial charge in [-0.05, 0) is 46.7 Å². The molecule has 0 amide bonds. The van der Waals surface area contributed by atoms with Gasteiger partial charge >= 0.3 is 5.97 Å². The first-order valence-electron chi connectivity index (χ1n) is 7.81. The number of carboxylic acids is 1. The highest BCUT2D eigenvalue weighted by Crippen LogP contribution is 2.30. The molecule has 0 fully saturated rings. The third-order valence-corrected chi connectivity index (χ3v) is 4.03. The van der Waals surface area contributed by atoms with Crippen LogP contribution in [0.4, 0.5) is 4.39 Å². The lowest BCUT2D eigenvalue weighted by Crippen LogP contribution is -2.10. The molecule has 3 aromatic rings. The molecular formula is C18H17FN4O2. The number of carboxylic acid groups (broad SMARTS) is 1. The van der Waals surface area contributed by atoms with Crippen molar-refractivity contribution in [2.75, 3.05) is 0 Å². The molecule has 0 saturated heterocycles. The van der Waals surface area contributed by atoms with Crippen molar-refractivity contribution in [2.24, 2.45) is 0 Å². The van der Waals surface area contributed by atoms with Crippen molar-refractivity contribution in [3.8, 4) is 16.8 Å². The second-order valence-electron chi connectivity index (χ2n) is 6.06. The van der Waals surface area contributed by atoms with Crippen LogP contribution in [0, 0.1) is 12.7 Å². The van der Waals surface area contributed by atoms with Crippen molar-refractivity contribution >= 4 is 5.97 Å². The van der Waals surface area contributed by atoms with Crippen LogP contribution in [0.25, 0.3) is 16.8 Å². The van der Waals surface area contributed by atoms with E-state index in [1.807, 2.05) is 13.8 Å². The third kappa shape index (κ3) is 3.00. The zero-order valence-corrected chi connectivity index (χ0v) is 14.1. The van der Waals surface area contributed by atoms with E-state index >= 15 is 0 Å². The van der Waals surface area contributed by atoms with E-state index in [0.29, 0.717) is 28.2 Å². The van der Waals surface area contributed by atoms with Crippen molar-refractivity contribution in [1.29, 1.82) is 0 Å². The number of hydrogen-bond acceptors (Lipinski definition) is 4. The molecule has 0 radical (unpaired) electrons. The number of hydrogen-bond donors (Lipinski definition) is 1. The number of aromatic carboxylic acids is 1. The van der Waals surface area contributed by atoms with Crippen LogP contribution >= 0.6 is 0 Å². The Balaban J connectivity index is 2.30. The second kappa shape index (κ2) is 6.43. The molecule has 0 saturated carbocycles. The summed E-state index contributed by atoms with van der Waals surface area (Å²) >= 11 is 0. The summed E-state index contributed by atoms with van der Waals surface area (Å²) in [5, 5.41) is 21.3. The minimum absolute atomic E-state index is 0.0415. The molecule has 6 nitrogen and oxygen atoms in total. The van der Waals surface area contributed by atoms with Gasteiger partial charge in [0.05, 0.1) is 11.3 Å². The van der Waals surface area contributed by atoms with Gasteiger partial charge < -0.3 is 5.11 Å². The number of nitrogens with zero attached hydrogens (tertiary/aromatic N) is 4. The molecule has 1 N–H and O–H groups in total. The van der Waals surface area contributed by atoms with Gasteiger partial charge in [0.2, 0.25) is 0 Å². The standard InChI is InChI=1S/C18H17FN4O2/c1-10(2)17-20-21-22-23(17)16-9-12(8-14(11(16)3)18(24)25)13-6-4-5-7-15(13)19/h4-10H,1-3H3,(H,24,25). The minimum Gasteiger partial charge on any atom is -0.478 e. The van der Waals surface area contributed by atoms with Gasteiger partial charge in [-0.2, -0.15) is 4.68 Å². The maximum absolute atomic E-state index is 14.2. The van der Waals surface area contributed by atoms with Crippen LogP contribution in [-0.4, -0.2) is 31.3 Å². The SMILES string of the molecule is Cc1c(C(=O)O)cc(-c2ccccc2F)cc1-n1nnnc1C(C)C. The van der Waals surface area contributed by atoms with Crippen LogP contribution < -0.4 is 0 Å². The molecule has 3 rings (SSSR count). The number of halogens is 1. The zero-order chi connectivity index (χ0) is 18.1. The Morgan fingerprint density at radius 2 is 1.96 bits per heavy atom. The van der Waals surface area contributed by atoms with Crippen molar-refractivity contribution in [1.82, 2.24) is 20.2 Å². The molecule has 1 aromatic heterocycles. The third-order valence-electron chi connectivity index (χ3n) is 4.03. The first kappa shape index (κ1) is 16.8. The molecule has 2 aromatic carbocycles. The summed E-state index contributed by atoms with van der Waals surface area (Å²) in [7, 11) is 0. The van der Waals surface area contributed by atoms with E-state index in [-0.39, 0.29) is 11.5 Å². The predicted molar refractivity (Wildman–Crippen MR) is 90.3 cm³/mol. The molecular weight excluding hydrogens is 323 g/mol. The van der Waals surface area contributed by atoms with Gasteiger partial charge in [0.25, 0.3) is 0 Å². The maximum Gasteiger partial charge on any atom is 0.336 e. The van der Waals surface area contributed by atoms with E-state index in [1.54, 1.807) is 31.2 Å². The van der Waals surface area contributed by atoms with Crippen molar-refractivity contribution < 1.29 is 14.3 Å². The van der Waals surface area contributed by atoms with Crippen LogP contribution in [0.3, 0.4) is 0 Å². The topological polar surface area (TPSA) is 80.9 Å². The van der Waals surface area contributed by atoms with Gasteiger partial charge in [-0.1, -0.05) is 32.0 Å². The highest BCUT2D eigenvalue weighted by molar-refractivity contribution is 5.92. The highest BCUT2D eigenvalue weighted by Gasteiger charge is 2.20. The fraction of sp³-hybridized carbons (Fsp3) is 0.222. The Morgan fingerprint density at radius 1 is 1.24 bits per heavy atom. The number of carbonyl (C=O) groups is 1. The summed E-state index contributed by atoms with van der Waals surface area (Å²) in [6.45, 7) is 5.57. The van der Waals surface area contributed by atoms with Crippen LogP contribution in [0.1, 0.15) is 41.5 Å². The van der Waals surface area contributed by atoms with E-state index < -0.39 is 11.8 Å². The number of tetrazole rings is 1. The molecule has 0 aliphatic carbocycles. The average Bonchev–Trinajstić information content (AvgIpc) is 3.05. The molecule has 0 spiro atoms. The summed E-state index contributed by atoms with van der Waals surface area (Å²) in [6, 6.07) is 9.42. The maximum atomic E-state index is 14.2. The average molecular weight is 340 g/mol.